The van der Waals surface area contributed by atoms with Crippen molar-refractivity contribution in [2.75, 3.05) is 6.61 Å². The van der Waals surface area contributed by atoms with Gasteiger partial charge in [-0.25, -0.2) is 4.79 Å². The van der Waals surface area contributed by atoms with E-state index in [1.165, 1.54) is 13.2 Å². The summed E-state index contributed by atoms with van der Waals surface area (Å²) in [6.45, 7) is 1.26. The van der Waals surface area contributed by atoms with E-state index in [1.807, 2.05) is 0 Å². The molecule has 0 radical (unpaired) electrons. The van der Waals surface area contributed by atoms with Crippen LogP contribution in [0.1, 0.15) is 23.0 Å². The fourth-order valence-electron chi connectivity index (χ4n) is 1.86. The number of aldehydes is 1. The number of hydrogen-bond acceptors (Lipinski definition) is 6. The highest BCUT2D eigenvalue weighted by Crippen LogP contribution is 2.15. The fraction of sp³-hybridized carbons (Fsp3) is 0.235. The van der Waals surface area contributed by atoms with Gasteiger partial charge in [0.15, 0.2) is 19.0 Å². The monoisotopic (exact) mass is 331 g/mol. The normalized spacial score (nSPS) is 11.4. The van der Waals surface area contributed by atoms with Crippen LogP contribution in [0.4, 0.5) is 0 Å². The summed E-state index contributed by atoms with van der Waals surface area (Å²) < 4.78 is 15.3. The summed E-state index contributed by atoms with van der Waals surface area (Å²) in [6.07, 6.45) is 1.16. The molecule has 126 valence electrons. The third kappa shape index (κ3) is 4.98. The minimum atomic E-state index is -0.975. The molecule has 1 atom stereocenters. The van der Waals surface area contributed by atoms with E-state index in [4.69, 9.17) is 13.9 Å². The van der Waals surface area contributed by atoms with Gasteiger partial charge in [0.1, 0.15) is 11.5 Å². The molecule has 0 bridgehead atoms. The first-order valence-electron chi connectivity index (χ1n) is 7.26. The zero-order valence-corrected chi connectivity index (χ0v) is 13.1. The van der Waals surface area contributed by atoms with E-state index < -0.39 is 24.6 Å². The summed E-state index contributed by atoms with van der Waals surface area (Å²) in [5, 5.41) is 2.59. The Morgan fingerprint density at radius 1 is 1.25 bits per heavy atom. The van der Waals surface area contributed by atoms with E-state index >= 15 is 0 Å². The third-order valence-electron chi connectivity index (χ3n) is 3.09. The van der Waals surface area contributed by atoms with Crippen molar-refractivity contribution in [3.05, 3.63) is 54.0 Å². The van der Waals surface area contributed by atoms with Crippen molar-refractivity contribution in [1.82, 2.24) is 5.32 Å². The van der Waals surface area contributed by atoms with E-state index in [0.717, 1.165) is 0 Å². The summed E-state index contributed by atoms with van der Waals surface area (Å²) in [4.78, 5) is 34.4. The number of benzene rings is 1. The average molecular weight is 331 g/mol. The van der Waals surface area contributed by atoms with Gasteiger partial charge in [-0.1, -0.05) is 12.1 Å². The molecular formula is C17H17NO6. The molecule has 0 unspecified atom stereocenters. The number of carbonyl (C=O) groups excluding carboxylic acids is 3. The van der Waals surface area contributed by atoms with E-state index in [1.54, 1.807) is 36.4 Å². The predicted molar refractivity (Wildman–Crippen MR) is 83.4 cm³/mol. The van der Waals surface area contributed by atoms with Crippen molar-refractivity contribution in [2.24, 2.45) is 0 Å². The highest BCUT2D eigenvalue weighted by molar-refractivity contribution is 5.84. The first kappa shape index (κ1) is 17.3. The summed E-state index contributed by atoms with van der Waals surface area (Å²) in [5.41, 5.74) is 0.328. The van der Waals surface area contributed by atoms with E-state index in [9.17, 15) is 14.4 Å². The van der Waals surface area contributed by atoms with Crippen molar-refractivity contribution in [3.8, 4) is 5.75 Å². The van der Waals surface area contributed by atoms with E-state index in [2.05, 4.69) is 5.32 Å². The van der Waals surface area contributed by atoms with Crippen molar-refractivity contribution in [1.29, 1.82) is 0 Å². The van der Waals surface area contributed by atoms with Gasteiger partial charge in [0.25, 0.3) is 5.91 Å². The number of rotatable bonds is 8. The number of esters is 1. The van der Waals surface area contributed by atoms with Gasteiger partial charge < -0.3 is 19.2 Å². The van der Waals surface area contributed by atoms with Crippen LogP contribution in [0.25, 0.3) is 0 Å². The molecule has 0 aliphatic heterocycles. The molecule has 1 aromatic heterocycles. The van der Waals surface area contributed by atoms with Crippen LogP contribution in [0.5, 0.6) is 5.75 Å². The Kier molecular flexibility index (Phi) is 6.13. The Labute approximate surface area is 138 Å². The van der Waals surface area contributed by atoms with Crippen LogP contribution in [0.2, 0.25) is 0 Å². The molecule has 0 saturated heterocycles. The number of carbonyl (C=O) groups is 3. The molecule has 1 N–H and O–H groups in total. The zero-order chi connectivity index (χ0) is 17.4. The lowest BCUT2D eigenvalue weighted by atomic mass is 10.2. The third-order valence-corrected chi connectivity index (χ3v) is 3.09. The predicted octanol–water partition coefficient (Wildman–Crippen LogP) is 1.72. The number of ether oxygens (including phenoxy) is 2. The van der Waals surface area contributed by atoms with Crippen LogP contribution in [0.3, 0.4) is 0 Å². The first-order valence-corrected chi connectivity index (χ1v) is 7.26. The molecule has 1 heterocycles. The minimum Gasteiger partial charge on any atom is -0.481 e. The molecule has 2 rings (SSSR count). The Hall–Kier alpha value is -3.09. The number of furan rings is 1. The number of para-hydroxylation sites is 1. The summed E-state index contributed by atoms with van der Waals surface area (Å²) in [6, 6.07) is 9.92. The van der Waals surface area contributed by atoms with Crippen LogP contribution in [-0.4, -0.2) is 30.9 Å². The molecule has 0 saturated carbocycles. The lowest BCUT2D eigenvalue weighted by Gasteiger charge is -2.13. The molecule has 1 aromatic carbocycles. The van der Waals surface area contributed by atoms with Gasteiger partial charge in [0.2, 0.25) is 0 Å². The Morgan fingerprint density at radius 2 is 2.04 bits per heavy atom. The zero-order valence-electron chi connectivity index (χ0n) is 13.1. The molecule has 2 aromatic rings. The van der Waals surface area contributed by atoms with E-state index in [0.29, 0.717) is 17.6 Å². The SMILES string of the molecule is C[C@H](OC(=O)COc1ccccc1C=O)C(=O)NCc1ccco1. The molecule has 0 aliphatic rings. The molecule has 7 heteroatoms. The van der Waals surface area contributed by atoms with Crippen LogP contribution < -0.4 is 10.1 Å². The van der Waals surface area contributed by atoms with Gasteiger partial charge in [-0.05, 0) is 31.2 Å². The minimum absolute atomic E-state index is 0.205. The van der Waals surface area contributed by atoms with Crippen molar-refractivity contribution >= 4 is 18.2 Å². The van der Waals surface area contributed by atoms with Crippen LogP contribution in [-0.2, 0) is 20.9 Å². The van der Waals surface area contributed by atoms with Crippen LogP contribution >= 0.6 is 0 Å². The van der Waals surface area contributed by atoms with Crippen molar-refractivity contribution in [2.45, 2.75) is 19.6 Å². The average Bonchev–Trinajstić information content (AvgIpc) is 3.11. The smallest absolute Gasteiger partial charge is 0.344 e. The van der Waals surface area contributed by atoms with Gasteiger partial charge in [0.05, 0.1) is 18.4 Å². The van der Waals surface area contributed by atoms with Gasteiger partial charge in [-0.15, -0.1) is 0 Å². The van der Waals surface area contributed by atoms with Crippen molar-refractivity contribution in [3.63, 3.8) is 0 Å². The molecule has 0 fully saturated rings. The summed E-state index contributed by atoms with van der Waals surface area (Å²) in [7, 11) is 0. The van der Waals surface area contributed by atoms with E-state index in [-0.39, 0.29) is 12.3 Å². The van der Waals surface area contributed by atoms with Gasteiger partial charge in [0, 0.05) is 0 Å². The molecular weight excluding hydrogens is 314 g/mol. The molecule has 1 amide bonds. The van der Waals surface area contributed by atoms with Crippen LogP contribution in [0.15, 0.2) is 47.1 Å². The maximum absolute atomic E-state index is 11.8. The molecule has 0 spiro atoms. The fourth-order valence-corrected chi connectivity index (χ4v) is 1.86. The maximum Gasteiger partial charge on any atom is 0.344 e. The Balaban J connectivity index is 1.76. The van der Waals surface area contributed by atoms with Crippen molar-refractivity contribution < 1.29 is 28.3 Å². The highest BCUT2D eigenvalue weighted by Gasteiger charge is 2.18. The number of hydrogen-bond donors (Lipinski definition) is 1. The second kappa shape index (κ2) is 8.52. The largest absolute Gasteiger partial charge is 0.481 e. The highest BCUT2D eigenvalue weighted by atomic mass is 16.6. The summed E-state index contributed by atoms with van der Waals surface area (Å²) >= 11 is 0. The molecule has 0 aliphatic carbocycles. The Bertz CT molecular complexity index is 695. The topological polar surface area (TPSA) is 94.8 Å². The van der Waals surface area contributed by atoms with Gasteiger partial charge >= 0.3 is 5.97 Å². The summed E-state index contributed by atoms with van der Waals surface area (Å²) in [5.74, 6) is -0.292. The van der Waals surface area contributed by atoms with Gasteiger partial charge in [-0.2, -0.15) is 0 Å². The Morgan fingerprint density at radius 3 is 2.75 bits per heavy atom. The lowest BCUT2D eigenvalue weighted by Crippen LogP contribution is -2.36. The molecule has 24 heavy (non-hydrogen) atoms. The first-order chi connectivity index (χ1) is 11.6. The second-order valence-corrected chi connectivity index (χ2v) is 4.87. The lowest BCUT2D eigenvalue weighted by molar-refractivity contribution is -0.156. The standard InChI is InChI=1S/C17H17NO6/c1-12(17(21)18-9-14-6-4-8-22-14)24-16(20)11-23-15-7-3-2-5-13(15)10-19/h2-8,10,12H,9,11H2,1H3,(H,18,21)/t12-/m0/s1. The number of nitrogens with one attached hydrogen (secondary N) is 1. The maximum atomic E-state index is 11.8. The second-order valence-electron chi connectivity index (χ2n) is 4.87. The number of amides is 1. The van der Waals surface area contributed by atoms with Crippen LogP contribution in [0, 0.1) is 0 Å². The molecule has 7 nitrogen and oxygen atoms in total. The van der Waals surface area contributed by atoms with Gasteiger partial charge in [-0.3, -0.25) is 9.59 Å². The quantitative estimate of drug-likeness (QED) is 0.584.